The molecule has 1 aromatic rings. The average molecular weight is 493 g/mol. The SMILES string of the molecule is COc1ccc2c(c1)C[C@]13CCC4(C[C@]1(O)CC[C@@H]1[C@@H]3[C@@H]2C[C@]2(C)C(=O)C=C[C@@H]12)OCC(C)(C)CO4. The molecule has 3 saturated carbocycles. The van der Waals surface area contributed by atoms with E-state index in [0.29, 0.717) is 31.5 Å². The zero-order valence-electron chi connectivity index (χ0n) is 22.1. The van der Waals surface area contributed by atoms with E-state index in [-0.39, 0.29) is 33.9 Å². The van der Waals surface area contributed by atoms with E-state index in [1.165, 1.54) is 11.1 Å². The van der Waals surface area contributed by atoms with Crippen molar-refractivity contribution >= 4 is 5.78 Å². The van der Waals surface area contributed by atoms with Gasteiger partial charge in [-0.05, 0) is 85.1 Å². The van der Waals surface area contributed by atoms with Crippen LogP contribution in [0.5, 0.6) is 5.75 Å². The van der Waals surface area contributed by atoms with Gasteiger partial charge in [-0.25, -0.2) is 0 Å². The van der Waals surface area contributed by atoms with E-state index in [0.717, 1.165) is 44.3 Å². The summed E-state index contributed by atoms with van der Waals surface area (Å²) in [5.74, 6) is 1.77. The van der Waals surface area contributed by atoms with Crippen LogP contribution in [0.1, 0.15) is 76.3 Å². The Hall–Kier alpha value is -1.69. The normalized spacial score (nSPS) is 45.4. The van der Waals surface area contributed by atoms with Gasteiger partial charge in [0.05, 0.1) is 25.9 Å². The smallest absolute Gasteiger partial charge is 0.171 e. The molecule has 0 radical (unpaired) electrons. The first-order valence-electron chi connectivity index (χ1n) is 13.9. The lowest BCUT2D eigenvalue weighted by Gasteiger charge is -2.69. The number of aliphatic hydroxyl groups is 1. The number of benzene rings is 1. The molecule has 5 heteroatoms. The van der Waals surface area contributed by atoms with Gasteiger partial charge in [0.25, 0.3) is 0 Å². The largest absolute Gasteiger partial charge is 0.497 e. The molecule has 1 aromatic carbocycles. The zero-order valence-corrected chi connectivity index (χ0v) is 22.1. The molecule has 0 amide bonds. The molecule has 1 saturated heterocycles. The Morgan fingerprint density at radius 1 is 1.08 bits per heavy atom. The molecule has 5 aliphatic carbocycles. The molecule has 4 fully saturated rings. The quantitative estimate of drug-likeness (QED) is 0.584. The monoisotopic (exact) mass is 492 g/mol. The number of methoxy groups -OCH3 is 1. The van der Waals surface area contributed by atoms with Crippen LogP contribution < -0.4 is 4.74 Å². The molecule has 36 heavy (non-hydrogen) atoms. The Labute approximate surface area is 214 Å². The van der Waals surface area contributed by atoms with Gasteiger partial charge in [0.2, 0.25) is 0 Å². The highest BCUT2D eigenvalue weighted by molar-refractivity contribution is 5.97. The van der Waals surface area contributed by atoms with Crippen LogP contribution >= 0.6 is 0 Å². The van der Waals surface area contributed by atoms with E-state index >= 15 is 0 Å². The Morgan fingerprint density at radius 2 is 1.86 bits per heavy atom. The number of hydrogen-bond donors (Lipinski definition) is 1. The summed E-state index contributed by atoms with van der Waals surface area (Å²) in [5.41, 5.74) is 1.22. The maximum Gasteiger partial charge on any atom is 0.171 e. The van der Waals surface area contributed by atoms with E-state index < -0.39 is 11.4 Å². The standard InChI is InChI=1S/C31H40O5/c1-27(2)17-35-31(36-18-27)12-11-29-14-19-13-20(34-4)5-6-21(19)23-15-28(3)24(7-8-25(28)32)22(26(23)29)9-10-30(29,33)16-31/h5-8,13,22-24,26,33H,9-12,14-18H2,1-4H3/t22-,23+,24-,26+,28-,29-,30+/m0/s1. The van der Waals surface area contributed by atoms with E-state index in [2.05, 4.69) is 45.0 Å². The molecule has 0 aromatic heterocycles. The van der Waals surface area contributed by atoms with Gasteiger partial charge in [-0.2, -0.15) is 0 Å². The Morgan fingerprint density at radius 3 is 2.61 bits per heavy atom. The second-order valence-electron chi connectivity index (χ2n) is 14.0. The van der Waals surface area contributed by atoms with Gasteiger partial charge < -0.3 is 19.3 Å². The molecular weight excluding hydrogens is 452 g/mol. The van der Waals surface area contributed by atoms with Crippen LogP contribution in [-0.4, -0.2) is 42.6 Å². The molecule has 7 rings (SSSR count). The summed E-state index contributed by atoms with van der Waals surface area (Å²) in [5, 5.41) is 12.7. The first-order valence-corrected chi connectivity index (χ1v) is 13.9. The fraction of sp³-hybridized carbons (Fsp3) is 0.710. The lowest BCUT2D eigenvalue weighted by Crippen LogP contribution is -2.70. The van der Waals surface area contributed by atoms with Crippen molar-refractivity contribution in [1.82, 2.24) is 0 Å². The summed E-state index contributed by atoms with van der Waals surface area (Å²) in [6.07, 6.45) is 9.72. The fourth-order valence-corrected chi connectivity index (χ4v) is 9.67. The van der Waals surface area contributed by atoms with Crippen molar-refractivity contribution in [1.29, 1.82) is 0 Å². The second-order valence-corrected chi connectivity index (χ2v) is 14.0. The number of carbonyl (C=O) groups is 1. The van der Waals surface area contributed by atoms with Crippen molar-refractivity contribution in [3.8, 4) is 5.75 Å². The third kappa shape index (κ3) is 2.91. The van der Waals surface area contributed by atoms with Crippen molar-refractivity contribution in [2.75, 3.05) is 20.3 Å². The van der Waals surface area contributed by atoms with Crippen molar-refractivity contribution < 1.29 is 24.1 Å². The second kappa shape index (κ2) is 7.24. The van der Waals surface area contributed by atoms with Gasteiger partial charge in [-0.1, -0.05) is 32.9 Å². The third-order valence-electron chi connectivity index (χ3n) is 11.4. The first-order chi connectivity index (χ1) is 17.0. The van der Waals surface area contributed by atoms with Crippen molar-refractivity contribution in [3.63, 3.8) is 0 Å². The molecule has 1 heterocycles. The summed E-state index contributed by atoms with van der Waals surface area (Å²) < 4.78 is 18.5. The number of ether oxygens (including phenoxy) is 3. The summed E-state index contributed by atoms with van der Waals surface area (Å²) in [4.78, 5) is 13.2. The predicted octanol–water partition coefficient (Wildman–Crippen LogP) is 5.20. The fourth-order valence-electron chi connectivity index (χ4n) is 9.67. The van der Waals surface area contributed by atoms with Gasteiger partial charge in [0.1, 0.15) is 5.75 Å². The lowest BCUT2D eigenvalue weighted by molar-refractivity contribution is -0.357. The molecule has 5 nitrogen and oxygen atoms in total. The molecule has 7 atom stereocenters. The Balaban J connectivity index is 1.35. The molecule has 6 aliphatic rings. The average Bonchev–Trinajstić information content (AvgIpc) is 3.15. The van der Waals surface area contributed by atoms with Gasteiger partial charge >= 0.3 is 0 Å². The number of hydrogen-bond acceptors (Lipinski definition) is 5. The molecule has 2 spiro atoms. The van der Waals surface area contributed by atoms with Crippen LogP contribution in [0, 0.1) is 34.0 Å². The first kappa shape index (κ1) is 23.4. The van der Waals surface area contributed by atoms with Crippen LogP contribution in [0.4, 0.5) is 0 Å². The number of carbonyl (C=O) groups excluding carboxylic acids is 1. The highest BCUT2D eigenvalue weighted by Crippen LogP contribution is 2.73. The number of ketones is 1. The summed E-state index contributed by atoms with van der Waals surface area (Å²) in [7, 11) is 1.72. The third-order valence-corrected chi connectivity index (χ3v) is 11.4. The van der Waals surface area contributed by atoms with Crippen LogP contribution in [0.15, 0.2) is 30.4 Å². The molecule has 0 bridgehead atoms. The van der Waals surface area contributed by atoms with Crippen LogP contribution in [0.25, 0.3) is 0 Å². The van der Waals surface area contributed by atoms with E-state index in [9.17, 15) is 9.90 Å². The van der Waals surface area contributed by atoms with Crippen LogP contribution in [0.2, 0.25) is 0 Å². The number of allylic oxidation sites excluding steroid dienone is 2. The van der Waals surface area contributed by atoms with Crippen molar-refractivity contribution in [2.24, 2.45) is 34.0 Å². The lowest BCUT2D eigenvalue weighted by atomic mass is 9.37. The van der Waals surface area contributed by atoms with Crippen LogP contribution in [-0.2, 0) is 20.7 Å². The summed E-state index contributed by atoms with van der Waals surface area (Å²) in [6, 6.07) is 6.51. The van der Waals surface area contributed by atoms with Crippen LogP contribution in [0.3, 0.4) is 0 Å². The minimum atomic E-state index is -0.854. The Bertz CT molecular complexity index is 1140. The molecule has 1 N–H and O–H groups in total. The number of rotatable bonds is 1. The van der Waals surface area contributed by atoms with Gasteiger partial charge in [0.15, 0.2) is 11.6 Å². The zero-order chi connectivity index (χ0) is 25.1. The van der Waals surface area contributed by atoms with Gasteiger partial charge in [0, 0.05) is 29.1 Å². The summed E-state index contributed by atoms with van der Waals surface area (Å²) >= 11 is 0. The van der Waals surface area contributed by atoms with Crippen molar-refractivity contribution in [2.45, 2.75) is 83.0 Å². The minimum Gasteiger partial charge on any atom is -0.497 e. The highest BCUT2D eigenvalue weighted by Gasteiger charge is 2.71. The number of fused-ring (bicyclic) bond motifs is 4. The minimum absolute atomic E-state index is 0.00125. The topological polar surface area (TPSA) is 65.0 Å². The maximum absolute atomic E-state index is 13.2. The molecule has 0 unspecified atom stereocenters. The Kier molecular flexibility index (Phi) is 4.71. The molecule has 194 valence electrons. The maximum atomic E-state index is 13.2. The van der Waals surface area contributed by atoms with E-state index in [1.807, 2.05) is 6.08 Å². The van der Waals surface area contributed by atoms with E-state index in [1.54, 1.807) is 7.11 Å². The van der Waals surface area contributed by atoms with Crippen molar-refractivity contribution in [3.05, 3.63) is 41.5 Å². The van der Waals surface area contributed by atoms with Gasteiger partial charge in [-0.15, -0.1) is 0 Å². The predicted molar refractivity (Wildman–Crippen MR) is 136 cm³/mol. The highest BCUT2D eigenvalue weighted by atomic mass is 16.7. The molecule has 1 aliphatic heterocycles. The van der Waals surface area contributed by atoms with E-state index in [4.69, 9.17) is 14.2 Å². The molecular formula is C31H40O5. The summed E-state index contributed by atoms with van der Waals surface area (Å²) in [6.45, 7) is 7.88. The van der Waals surface area contributed by atoms with Gasteiger partial charge in [-0.3, -0.25) is 4.79 Å².